The van der Waals surface area contributed by atoms with Crippen LogP contribution in [-0.4, -0.2) is 26.9 Å². The molecule has 0 aliphatic carbocycles. The minimum absolute atomic E-state index is 0.0268. The number of hydrogen-bond acceptors (Lipinski definition) is 5. The Kier molecular flexibility index (Phi) is 6.43. The second-order valence-corrected chi connectivity index (χ2v) is 6.29. The van der Waals surface area contributed by atoms with Crippen molar-refractivity contribution >= 4 is 17.7 Å². The number of rotatable bonds is 7. The molecule has 0 unspecified atom stereocenters. The predicted octanol–water partition coefficient (Wildman–Crippen LogP) is 2.79. The third-order valence-electron chi connectivity index (χ3n) is 4.20. The van der Waals surface area contributed by atoms with E-state index in [9.17, 15) is 24.1 Å². The number of carbonyl (C=O) groups is 1. The van der Waals surface area contributed by atoms with E-state index in [1.54, 1.807) is 12.1 Å². The van der Waals surface area contributed by atoms with Gasteiger partial charge in [-0.25, -0.2) is 9.37 Å². The monoisotopic (exact) mass is 408 g/mol. The molecule has 0 saturated heterocycles. The smallest absolute Gasteiger partial charge is 0.269 e. The normalized spacial score (nSPS) is 10.8. The maximum atomic E-state index is 13.0. The first-order valence-corrected chi connectivity index (χ1v) is 8.95. The molecule has 152 valence electrons. The van der Waals surface area contributed by atoms with Gasteiger partial charge in [-0.2, -0.15) is 0 Å². The molecular formula is C21H17FN4O4. The summed E-state index contributed by atoms with van der Waals surface area (Å²) < 4.78 is 14.4. The lowest BCUT2D eigenvalue weighted by Crippen LogP contribution is -2.29. The first-order valence-electron chi connectivity index (χ1n) is 8.95. The average molecular weight is 408 g/mol. The fraction of sp³-hybridized carbons (Fsp3) is 0.0952. The molecule has 0 radical (unpaired) electrons. The van der Waals surface area contributed by atoms with Gasteiger partial charge in [0.15, 0.2) is 0 Å². The Hall–Kier alpha value is -4.14. The molecule has 1 amide bonds. The number of amides is 1. The van der Waals surface area contributed by atoms with Gasteiger partial charge in [-0.15, -0.1) is 0 Å². The Bertz CT molecular complexity index is 1140. The summed E-state index contributed by atoms with van der Waals surface area (Å²) in [6.07, 6.45) is 4.21. The van der Waals surface area contributed by atoms with Gasteiger partial charge < -0.3 is 5.32 Å². The van der Waals surface area contributed by atoms with Crippen molar-refractivity contribution in [3.8, 4) is 11.3 Å². The number of benzene rings is 2. The van der Waals surface area contributed by atoms with Crippen molar-refractivity contribution in [1.82, 2.24) is 14.9 Å². The Balaban J connectivity index is 1.53. The summed E-state index contributed by atoms with van der Waals surface area (Å²) in [6.45, 7) is 0.438. The number of nitrogens with one attached hydrogen (secondary N) is 1. The summed E-state index contributed by atoms with van der Waals surface area (Å²) in [6, 6.07) is 12.8. The number of aromatic nitrogens is 2. The van der Waals surface area contributed by atoms with Crippen LogP contribution in [0.25, 0.3) is 17.3 Å². The zero-order valence-corrected chi connectivity index (χ0v) is 15.7. The Morgan fingerprint density at radius 3 is 2.50 bits per heavy atom. The quantitative estimate of drug-likeness (QED) is 0.368. The Morgan fingerprint density at radius 2 is 1.87 bits per heavy atom. The summed E-state index contributed by atoms with van der Waals surface area (Å²) in [4.78, 5) is 38.4. The molecule has 3 rings (SSSR count). The molecule has 0 aliphatic rings. The fourth-order valence-corrected chi connectivity index (χ4v) is 2.61. The van der Waals surface area contributed by atoms with Crippen molar-refractivity contribution in [2.45, 2.75) is 6.54 Å². The average Bonchev–Trinajstić information content (AvgIpc) is 2.74. The number of non-ortho nitro benzene ring substituents is 1. The summed E-state index contributed by atoms with van der Waals surface area (Å²) in [5, 5.41) is 13.3. The van der Waals surface area contributed by atoms with Gasteiger partial charge in [0.25, 0.3) is 11.2 Å². The van der Waals surface area contributed by atoms with E-state index in [0.29, 0.717) is 16.8 Å². The highest BCUT2D eigenvalue weighted by Gasteiger charge is 2.05. The maximum Gasteiger partial charge on any atom is 0.269 e. The van der Waals surface area contributed by atoms with E-state index >= 15 is 0 Å². The molecule has 0 saturated carbocycles. The Morgan fingerprint density at radius 1 is 1.17 bits per heavy atom. The topological polar surface area (TPSA) is 107 Å². The van der Waals surface area contributed by atoms with Crippen LogP contribution in [0, 0.1) is 15.9 Å². The van der Waals surface area contributed by atoms with Crippen LogP contribution in [0.3, 0.4) is 0 Å². The second kappa shape index (κ2) is 9.37. The van der Waals surface area contributed by atoms with Gasteiger partial charge in [-0.3, -0.25) is 24.3 Å². The minimum atomic E-state index is -0.497. The van der Waals surface area contributed by atoms with E-state index in [4.69, 9.17) is 0 Å². The van der Waals surface area contributed by atoms with E-state index < -0.39 is 4.92 Å². The van der Waals surface area contributed by atoms with Crippen molar-refractivity contribution in [3.63, 3.8) is 0 Å². The Labute approximate surface area is 170 Å². The number of hydrogen-bond donors (Lipinski definition) is 1. The third-order valence-corrected chi connectivity index (χ3v) is 4.20. The number of nitro benzene ring substituents is 1. The molecule has 2 aromatic carbocycles. The highest BCUT2D eigenvalue weighted by atomic mass is 19.1. The van der Waals surface area contributed by atoms with Gasteiger partial charge in [0.05, 0.1) is 16.9 Å². The molecule has 3 aromatic rings. The van der Waals surface area contributed by atoms with Crippen LogP contribution in [0.5, 0.6) is 0 Å². The molecule has 8 nitrogen and oxygen atoms in total. The molecule has 1 N–H and O–H groups in total. The van der Waals surface area contributed by atoms with E-state index in [2.05, 4.69) is 10.3 Å². The molecular weight excluding hydrogens is 391 g/mol. The molecule has 1 aromatic heterocycles. The van der Waals surface area contributed by atoms with Crippen LogP contribution < -0.4 is 10.9 Å². The largest absolute Gasteiger partial charge is 0.351 e. The number of nitrogens with zero attached hydrogens (tertiary/aromatic N) is 3. The molecule has 0 atom stereocenters. The second-order valence-electron chi connectivity index (χ2n) is 6.29. The standard InChI is InChI=1S/C21H17FN4O4/c22-17-6-4-16(5-7-17)19-13-21(28)25(14-24-19)12-11-23-20(27)10-3-15-1-8-18(9-2-15)26(29)30/h1-10,13-14H,11-12H2,(H,23,27)/b10-3+. The zero-order valence-electron chi connectivity index (χ0n) is 15.7. The molecule has 0 spiro atoms. The number of carbonyl (C=O) groups excluding carboxylic acids is 1. The van der Waals surface area contributed by atoms with Gasteiger partial charge in [0.2, 0.25) is 5.91 Å². The van der Waals surface area contributed by atoms with Gasteiger partial charge >= 0.3 is 0 Å². The lowest BCUT2D eigenvalue weighted by Gasteiger charge is -2.07. The van der Waals surface area contributed by atoms with Crippen LogP contribution in [0.2, 0.25) is 0 Å². The van der Waals surface area contributed by atoms with Crippen LogP contribution in [0.1, 0.15) is 5.56 Å². The van der Waals surface area contributed by atoms with Crippen molar-refractivity contribution in [2.75, 3.05) is 6.54 Å². The SMILES string of the molecule is O=C(/C=C/c1ccc([N+](=O)[O-])cc1)NCCn1cnc(-c2ccc(F)cc2)cc1=O. The van der Waals surface area contributed by atoms with Crippen LogP contribution in [0.4, 0.5) is 10.1 Å². The minimum Gasteiger partial charge on any atom is -0.351 e. The van der Waals surface area contributed by atoms with Crippen LogP contribution in [0.15, 0.2) is 71.8 Å². The van der Waals surface area contributed by atoms with Crippen molar-refractivity contribution < 1.29 is 14.1 Å². The summed E-state index contributed by atoms with van der Waals surface area (Å²) in [5.41, 5.74) is 1.39. The molecule has 0 bridgehead atoms. The summed E-state index contributed by atoms with van der Waals surface area (Å²) in [7, 11) is 0. The summed E-state index contributed by atoms with van der Waals surface area (Å²) in [5.74, 6) is -0.734. The maximum absolute atomic E-state index is 13.0. The van der Waals surface area contributed by atoms with E-state index in [1.807, 2.05) is 0 Å². The molecule has 1 heterocycles. The van der Waals surface area contributed by atoms with Gasteiger partial charge in [0.1, 0.15) is 5.82 Å². The first-order chi connectivity index (χ1) is 14.4. The number of nitro groups is 1. The lowest BCUT2D eigenvalue weighted by molar-refractivity contribution is -0.384. The van der Waals surface area contributed by atoms with Gasteiger partial charge in [0, 0.05) is 42.9 Å². The first kappa shape index (κ1) is 20.6. The van der Waals surface area contributed by atoms with Crippen LogP contribution >= 0.6 is 0 Å². The zero-order chi connectivity index (χ0) is 21.5. The summed E-state index contributed by atoms with van der Waals surface area (Å²) >= 11 is 0. The third kappa shape index (κ3) is 5.44. The highest BCUT2D eigenvalue weighted by molar-refractivity contribution is 5.91. The fourth-order valence-electron chi connectivity index (χ4n) is 2.61. The molecule has 30 heavy (non-hydrogen) atoms. The van der Waals surface area contributed by atoms with E-state index in [0.717, 1.165) is 0 Å². The van der Waals surface area contributed by atoms with Gasteiger partial charge in [-0.1, -0.05) is 0 Å². The number of halogens is 1. The van der Waals surface area contributed by atoms with Crippen molar-refractivity contribution in [1.29, 1.82) is 0 Å². The van der Waals surface area contributed by atoms with Gasteiger partial charge in [-0.05, 0) is 48.0 Å². The van der Waals surface area contributed by atoms with Crippen LogP contribution in [-0.2, 0) is 11.3 Å². The van der Waals surface area contributed by atoms with E-state index in [-0.39, 0.29) is 36.1 Å². The van der Waals surface area contributed by atoms with Crippen molar-refractivity contribution in [3.05, 3.63) is 98.8 Å². The van der Waals surface area contributed by atoms with E-state index in [1.165, 1.54) is 65.5 Å². The highest BCUT2D eigenvalue weighted by Crippen LogP contribution is 2.15. The molecule has 9 heteroatoms. The van der Waals surface area contributed by atoms with Crippen molar-refractivity contribution in [2.24, 2.45) is 0 Å². The predicted molar refractivity (Wildman–Crippen MR) is 109 cm³/mol. The lowest BCUT2D eigenvalue weighted by atomic mass is 10.1. The molecule has 0 fully saturated rings. The molecule has 0 aliphatic heterocycles.